The van der Waals surface area contributed by atoms with Crippen molar-refractivity contribution in [1.82, 2.24) is 0 Å². The molecule has 3 atom stereocenters. The quantitative estimate of drug-likeness (QED) is 0.655. The number of phenols is 1. The van der Waals surface area contributed by atoms with Gasteiger partial charge in [-0.15, -0.1) is 0 Å². The van der Waals surface area contributed by atoms with Crippen molar-refractivity contribution in [3.8, 4) is 5.75 Å². The summed E-state index contributed by atoms with van der Waals surface area (Å²) in [6, 6.07) is 21.2. The van der Waals surface area contributed by atoms with Crippen LogP contribution in [0.25, 0.3) is 0 Å². The molecular formula is C25H22N2O4. The van der Waals surface area contributed by atoms with E-state index in [9.17, 15) is 14.7 Å². The zero-order chi connectivity index (χ0) is 21.7. The van der Waals surface area contributed by atoms with Gasteiger partial charge in [0.1, 0.15) is 11.7 Å². The van der Waals surface area contributed by atoms with Gasteiger partial charge in [0.25, 0.3) is 5.91 Å². The molecular weight excluding hydrogens is 392 g/mol. The van der Waals surface area contributed by atoms with Gasteiger partial charge >= 0.3 is 0 Å². The highest BCUT2D eigenvalue weighted by Crippen LogP contribution is 2.49. The van der Waals surface area contributed by atoms with Gasteiger partial charge in [0.15, 0.2) is 6.10 Å². The first-order valence-electron chi connectivity index (χ1n) is 10.2. The number of para-hydroxylation sites is 2. The van der Waals surface area contributed by atoms with E-state index in [1.807, 2.05) is 56.3 Å². The van der Waals surface area contributed by atoms with E-state index in [0.29, 0.717) is 16.9 Å². The molecule has 156 valence electrons. The van der Waals surface area contributed by atoms with Crippen LogP contribution >= 0.6 is 0 Å². The van der Waals surface area contributed by atoms with Gasteiger partial charge in [-0.05, 0) is 43.7 Å². The Kier molecular flexibility index (Phi) is 4.52. The number of rotatable bonds is 3. The van der Waals surface area contributed by atoms with Gasteiger partial charge in [0.2, 0.25) is 5.91 Å². The third-order valence-electron chi connectivity index (χ3n) is 5.97. The van der Waals surface area contributed by atoms with Crippen molar-refractivity contribution in [2.24, 2.45) is 5.92 Å². The lowest BCUT2D eigenvalue weighted by molar-refractivity contribution is -0.126. The van der Waals surface area contributed by atoms with Crippen molar-refractivity contribution in [2.45, 2.75) is 26.0 Å². The fourth-order valence-electron chi connectivity index (χ4n) is 4.56. The molecule has 6 nitrogen and oxygen atoms in total. The second kappa shape index (κ2) is 7.25. The molecule has 2 heterocycles. The number of hydroxylamine groups is 1. The molecule has 2 amide bonds. The molecule has 1 N–H and O–H groups in total. The van der Waals surface area contributed by atoms with Crippen LogP contribution in [0, 0.1) is 19.8 Å². The summed E-state index contributed by atoms with van der Waals surface area (Å²) in [7, 11) is 0. The summed E-state index contributed by atoms with van der Waals surface area (Å²) in [5, 5.41) is 12.2. The lowest BCUT2D eigenvalue weighted by atomic mass is 9.90. The SMILES string of the molecule is Cc1ccc(N2C(=O)[C@@H]3[C@H](ON(c4ccccc4)[C@H]3c3ccccc3O)C2=O)c(C)c1. The van der Waals surface area contributed by atoms with Crippen LogP contribution in [-0.2, 0) is 14.4 Å². The maximum Gasteiger partial charge on any atom is 0.266 e. The van der Waals surface area contributed by atoms with Gasteiger partial charge in [-0.3, -0.25) is 14.4 Å². The molecule has 2 aliphatic heterocycles. The Morgan fingerprint density at radius 3 is 2.29 bits per heavy atom. The summed E-state index contributed by atoms with van der Waals surface area (Å²) in [6.45, 7) is 3.85. The van der Waals surface area contributed by atoms with Gasteiger partial charge in [0, 0.05) is 5.56 Å². The number of hydrogen-bond donors (Lipinski definition) is 1. The smallest absolute Gasteiger partial charge is 0.266 e. The summed E-state index contributed by atoms with van der Waals surface area (Å²) in [5.41, 5.74) is 3.73. The Morgan fingerprint density at radius 2 is 1.58 bits per heavy atom. The Bertz CT molecular complexity index is 1180. The normalized spacial score (nSPS) is 22.8. The molecule has 5 rings (SSSR count). The molecule has 3 aromatic carbocycles. The molecule has 2 saturated heterocycles. The van der Waals surface area contributed by atoms with Crippen LogP contribution < -0.4 is 9.96 Å². The maximum absolute atomic E-state index is 13.6. The minimum absolute atomic E-state index is 0.0582. The predicted molar refractivity (Wildman–Crippen MR) is 117 cm³/mol. The number of fused-ring (bicyclic) bond motifs is 1. The van der Waals surface area contributed by atoms with Crippen LogP contribution in [0.15, 0.2) is 72.8 Å². The van der Waals surface area contributed by atoms with Crippen LogP contribution in [0.1, 0.15) is 22.7 Å². The second-order valence-corrected chi connectivity index (χ2v) is 8.02. The molecule has 6 heteroatoms. The first kappa shape index (κ1) is 19.3. The van der Waals surface area contributed by atoms with Crippen molar-refractivity contribution < 1.29 is 19.5 Å². The van der Waals surface area contributed by atoms with E-state index >= 15 is 0 Å². The third-order valence-corrected chi connectivity index (χ3v) is 5.97. The molecule has 31 heavy (non-hydrogen) atoms. The summed E-state index contributed by atoms with van der Waals surface area (Å²) >= 11 is 0. The highest BCUT2D eigenvalue weighted by Gasteiger charge is 2.60. The molecule has 0 aromatic heterocycles. The summed E-state index contributed by atoms with van der Waals surface area (Å²) in [6.07, 6.45) is -0.960. The predicted octanol–water partition coefficient (Wildman–Crippen LogP) is 4.06. The van der Waals surface area contributed by atoms with Gasteiger partial charge < -0.3 is 5.11 Å². The standard InChI is InChI=1S/C25H22N2O4/c1-15-12-13-19(16(2)14-15)26-24(29)21-22(18-10-6-7-11-20(18)28)27(31-23(21)25(26)30)17-8-4-3-5-9-17/h3-14,21-23,28H,1-2H3/t21-,22-,23-/m0/s1. The summed E-state index contributed by atoms with van der Waals surface area (Å²) < 4.78 is 0. The zero-order valence-electron chi connectivity index (χ0n) is 17.2. The number of carbonyl (C=O) groups is 2. The molecule has 0 spiro atoms. The molecule has 0 radical (unpaired) electrons. The molecule has 0 saturated carbocycles. The Hall–Kier alpha value is -3.64. The number of phenolic OH excluding ortho intramolecular Hbond substituents is 1. The van der Waals surface area contributed by atoms with Crippen molar-refractivity contribution in [3.05, 3.63) is 89.5 Å². The van der Waals surface area contributed by atoms with Gasteiger partial charge in [0.05, 0.1) is 17.4 Å². The van der Waals surface area contributed by atoms with Crippen LogP contribution in [0.5, 0.6) is 5.75 Å². The van der Waals surface area contributed by atoms with Crippen molar-refractivity contribution >= 4 is 23.2 Å². The van der Waals surface area contributed by atoms with Crippen LogP contribution in [-0.4, -0.2) is 23.0 Å². The second-order valence-electron chi connectivity index (χ2n) is 8.02. The van der Waals surface area contributed by atoms with Gasteiger partial charge in [-0.2, -0.15) is 0 Å². The number of amides is 2. The number of carbonyl (C=O) groups excluding carboxylic acids is 2. The highest BCUT2D eigenvalue weighted by molar-refractivity contribution is 6.24. The number of imide groups is 1. The molecule has 2 fully saturated rings. The summed E-state index contributed by atoms with van der Waals surface area (Å²) in [5.74, 6) is -1.43. The van der Waals surface area contributed by atoms with E-state index in [-0.39, 0.29) is 17.6 Å². The van der Waals surface area contributed by atoms with E-state index in [1.54, 1.807) is 35.4 Å². The largest absolute Gasteiger partial charge is 0.508 e. The fourth-order valence-corrected chi connectivity index (χ4v) is 4.56. The average molecular weight is 414 g/mol. The van der Waals surface area contributed by atoms with Crippen molar-refractivity contribution in [1.29, 1.82) is 0 Å². The minimum Gasteiger partial charge on any atom is -0.508 e. The van der Waals surface area contributed by atoms with E-state index in [0.717, 1.165) is 11.1 Å². The molecule has 2 aliphatic rings. The average Bonchev–Trinajstić information content (AvgIpc) is 3.26. The highest BCUT2D eigenvalue weighted by atomic mass is 16.7. The van der Waals surface area contributed by atoms with Crippen LogP contribution in [0.2, 0.25) is 0 Å². The number of anilines is 2. The van der Waals surface area contributed by atoms with Gasteiger partial charge in [-0.25, -0.2) is 9.96 Å². The summed E-state index contributed by atoms with van der Waals surface area (Å²) in [4.78, 5) is 34.3. The van der Waals surface area contributed by atoms with E-state index in [4.69, 9.17) is 4.84 Å². The number of aryl methyl sites for hydroxylation is 2. The number of nitrogens with zero attached hydrogens (tertiary/aromatic N) is 2. The van der Waals surface area contributed by atoms with Crippen LogP contribution in [0.4, 0.5) is 11.4 Å². The monoisotopic (exact) mass is 414 g/mol. The number of benzene rings is 3. The molecule has 3 aromatic rings. The Labute approximate surface area is 180 Å². The maximum atomic E-state index is 13.6. The number of aromatic hydroxyl groups is 1. The first-order valence-corrected chi connectivity index (χ1v) is 10.2. The fraction of sp³-hybridized carbons (Fsp3) is 0.200. The first-order chi connectivity index (χ1) is 15.0. The lowest BCUT2D eigenvalue weighted by Crippen LogP contribution is -2.37. The van der Waals surface area contributed by atoms with E-state index < -0.39 is 18.1 Å². The van der Waals surface area contributed by atoms with Crippen molar-refractivity contribution in [3.63, 3.8) is 0 Å². The Balaban J connectivity index is 1.61. The van der Waals surface area contributed by atoms with Crippen molar-refractivity contribution in [2.75, 3.05) is 9.96 Å². The molecule has 0 unspecified atom stereocenters. The van der Waals surface area contributed by atoms with Crippen LogP contribution in [0.3, 0.4) is 0 Å². The lowest BCUT2D eigenvalue weighted by Gasteiger charge is -2.29. The van der Waals surface area contributed by atoms with E-state index in [2.05, 4.69) is 0 Å². The third kappa shape index (κ3) is 2.99. The van der Waals surface area contributed by atoms with Gasteiger partial charge in [-0.1, -0.05) is 54.1 Å². The molecule has 0 aliphatic carbocycles. The zero-order valence-corrected chi connectivity index (χ0v) is 17.2. The molecule has 0 bridgehead atoms. The topological polar surface area (TPSA) is 70.1 Å². The van der Waals surface area contributed by atoms with E-state index in [1.165, 1.54) is 4.90 Å². The Morgan fingerprint density at radius 1 is 0.871 bits per heavy atom. The number of hydrogen-bond acceptors (Lipinski definition) is 5. The minimum atomic E-state index is -0.960.